The highest BCUT2D eigenvalue weighted by molar-refractivity contribution is 5.30. The molecule has 0 bridgehead atoms. The van der Waals surface area contributed by atoms with Gasteiger partial charge in [-0.25, -0.2) is 4.98 Å². The quantitative estimate of drug-likeness (QED) is 0.866. The summed E-state index contributed by atoms with van der Waals surface area (Å²) in [6.45, 7) is 5.42. The van der Waals surface area contributed by atoms with Gasteiger partial charge >= 0.3 is 0 Å². The van der Waals surface area contributed by atoms with Gasteiger partial charge in [0, 0.05) is 19.5 Å². The summed E-state index contributed by atoms with van der Waals surface area (Å²) in [6, 6.07) is 6.13. The van der Waals surface area contributed by atoms with Crippen LogP contribution in [0, 0.1) is 6.92 Å². The predicted molar refractivity (Wildman–Crippen MR) is 75.1 cm³/mol. The molecule has 0 aliphatic carbocycles. The molecule has 2 rings (SSSR count). The van der Waals surface area contributed by atoms with Crippen molar-refractivity contribution in [1.82, 2.24) is 14.5 Å². The van der Waals surface area contributed by atoms with Crippen LogP contribution in [0.15, 0.2) is 30.6 Å². The molecule has 0 fully saturated rings. The Balaban J connectivity index is 2.07. The summed E-state index contributed by atoms with van der Waals surface area (Å²) in [5.41, 5.74) is 1.99. The number of imidazole rings is 1. The second-order valence-electron chi connectivity index (χ2n) is 4.59. The SMILES string of the molecule is COCC(C)n1cc(C)nc1NCc1ccccn1. The molecule has 0 aliphatic heterocycles. The highest BCUT2D eigenvalue weighted by atomic mass is 16.5. The first-order valence-electron chi connectivity index (χ1n) is 6.39. The van der Waals surface area contributed by atoms with E-state index in [-0.39, 0.29) is 6.04 Å². The van der Waals surface area contributed by atoms with Crippen LogP contribution in [0.25, 0.3) is 0 Å². The molecule has 0 spiro atoms. The van der Waals surface area contributed by atoms with Crippen molar-refractivity contribution in [2.75, 3.05) is 19.0 Å². The van der Waals surface area contributed by atoms with E-state index < -0.39 is 0 Å². The lowest BCUT2D eigenvalue weighted by atomic mass is 10.3. The first kappa shape index (κ1) is 13.5. The fourth-order valence-corrected chi connectivity index (χ4v) is 1.98. The Bertz CT molecular complexity index is 509. The molecule has 2 aromatic rings. The fraction of sp³-hybridized carbons (Fsp3) is 0.429. The Kier molecular flexibility index (Phi) is 4.52. The van der Waals surface area contributed by atoms with Crippen molar-refractivity contribution in [3.63, 3.8) is 0 Å². The van der Waals surface area contributed by atoms with Crippen LogP contribution >= 0.6 is 0 Å². The van der Waals surface area contributed by atoms with E-state index in [0.29, 0.717) is 13.2 Å². The molecule has 0 amide bonds. The summed E-state index contributed by atoms with van der Waals surface area (Å²) in [6.07, 6.45) is 3.83. The molecule has 2 aromatic heterocycles. The van der Waals surface area contributed by atoms with E-state index in [2.05, 4.69) is 26.8 Å². The Morgan fingerprint density at radius 1 is 1.42 bits per heavy atom. The number of rotatable bonds is 6. The Hall–Kier alpha value is -1.88. The molecule has 5 nitrogen and oxygen atoms in total. The van der Waals surface area contributed by atoms with Gasteiger partial charge in [-0.15, -0.1) is 0 Å². The van der Waals surface area contributed by atoms with Gasteiger partial charge in [-0.3, -0.25) is 4.98 Å². The number of methoxy groups -OCH3 is 1. The van der Waals surface area contributed by atoms with Crippen LogP contribution in [0.2, 0.25) is 0 Å². The number of aromatic nitrogens is 3. The van der Waals surface area contributed by atoms with E-state index in [1.807, 2.05) is 31.3 Å². The molecule has 1 N–H and O–H groups in total. The van der Waals surface area contributed by atoms with Gasteiger partial charge in [-0.1, -0.05) is 6.07 Å². The molecule has 2 heterocycles. The third kappa shape index (κ3) is 3.54. The number of hydrogen-bond donors (Lipinski definition) is 1. The number of anilines is 1. The fourth-order valence-electron chi connectivity index (χ4n) is 1.98. The van der Waals surface area contributed by atoms with Crippen molar-refractivity contribution in [2.24, 2.45) is 0 Å². The van der Waals surface area contributed by atoms with Gasteiger partial charge < -0.3 is 14.6 Å². The normalized spacial score (nSPS) is 12.4. The molecule has 0 saturated carbocycles. The van der Waals surface area contributed by atoms with E-state index in [4.69, 9.17) is 4.74 Å². The van der Waals surface area contributed by atoms with Gasteiger partial charge in [0.05, 0.1) is 30.6 Å². The Morgan fingerprint density at radius 3 is 2.95 bits per heavy atom. The molecule has 0 aliphatic rings. The lowest BCUT2D eigenvalue weighted by molar-refractivity contribution is 0.163. The molecule has 5 heteroatoms. The number of ether oxygens (including phenoxy) is 1. The molecule has 0 aromatic carbocycles. The minimum Gasteiger partial charge on any atom is -0.383 e. The Labute approximate surface area is 113 Å². The van der Waals surface area contributed by atoms with E-state index in [1.165, 1.54) is 0 Å². The maximum Gasteiger partial charge on any atom is 0.203 e. The number of pyridine rings is 1. The predicted octanol–water partition coefficient (Wildman–Crippen LogP) is 2.41. The summed E-state index contributed by atoms with van der Waals surface area (Å²) in [5, 5.41) is 3.32. The molecule has 0 radical (unpaired) electrons. The first-order chi connectivity index (χ1) is 9.20. The average Bonchev–Trinajstić information content (AvgIpc) is 2.79. The monoisotopic (exact) mass is 260 g/mol. The van der Waals surface area contributed by atoms with Gasteiger partial charge in [-0.2, -0.15) is 0 Å². The van der Waals surface area contributed by atoms with Crippen LogP contribution in [0.3, 0.4) is 0 Å². The maximum absolute atomic E-state index is 5.20. The van der Waals surface area contributed by atoms with Gasteiger partial charge in [-0.05, 0) is 26.0 Å². The zero-order chi connectivity index (χ0) is 13.7. The van der Waals surface area contributed by atoms with Crippen LogP contribution in [0.1, 0.15) is 24.4 Å². The summed E-state index contributed by atoms with van der Waals surface area (Å²) in [5.74, 6) is 0.854. The average molecular weight is 260 g/mol. The lowest BCUT2D eigenvalue weighted by Gasteiger charge is -2.15. The summed E-state index contributed by atoms with van der Waals surface area (Å²) < 4.78 is 7.30. The molecular weight excluding hydrogens is 240 g/mol. The van der Waals surface area contributed by atoms with Crippen LogP contribution in [-0.2, 0) is 11.3 Å². The van der Waals surface area contributed by atoms with E-state index >= 15 is 0 Å². The molecule has 1 atom stereocenters. The van der Waals surface area contributed by atoms with E-state index in [9.17, 15) is 0 Å². The van der Waals surface area contributed by atoms with Crippen LogP contribution < -0.4 is 5.32 Å². The topological polar surface area (TPSA) is 52.0 Å². The van der Waals surface area contributed by atoms with Crippen LogP contribution in [0.5, 0.6) is 0 Å². The van der Waals surface area contributed by atoms with Crippen LogP contribution in [-0.4, -0.2) is 28.3 Å². The second kappa shape index (κ2) is 6.33. The van der Waals surface area contributed by atoms with Gasteiger partial charge in [0.15, 0.2) is 0 Å². The van der Waals surface area contributed by atoms with Crippen molar-refractivity contribution in [1.29, 1.82) is 0 Å². The molecule has 0 saturated heterocycles. The standard InChI is InChI=1S/C14H20N4O/c1-11-9-18(12(2)10-19-3)14(17-11)16-8-13-6-4-5-7-15-13/h4-7,9,12H,8,10H2,1-3H3,(H,16,17). The summed E-state index contributed by atoms with van der Waals surface area (Å²) in [4.78, 5) is 8.78. The van der Waals surface area contributed by atoms with Crippen molar-refractivity contribution in [2.45, 2.75) is 26.4 Å². The minimum absolute atomic E-state index is 0.248. The van der Waals surface area contributed by atoms with Gasteiger partial charge in [0.1, 0.15) is 0 Å². The molecule has 1 unspecified atom stereocenters. The number of nitrogens with one attached hydrogen (secondary N) is 1. The Morgan fingerprint density at radius 2 is 2.26 bits per heavy atom. The highest BCUT2D eigenvalue weighted by Gasteiger charge is 2.11. The van der Waals surface area contributed by atoms with Crippen molar-refractivity contribution < 1.29 is 4.74 Å². The lowest BCUT2D eigenvalue weighted by Crippen LogP contribution is -2.14. The van der Waals surface area contributed by atoms with Crippen LogP contribution in [0.4, 0.5) is 5.95 Å². The summed E-state index contributed by atoms with van der Waals surface area (Å²) >= 11 is 0. The van der Waals surface area contributed by atoms with E-state index in [0.717, 1.165) is 17.3 Å². The number of hydrogen-bond acceptors (Lipinski definition) is 4. The van der Waals surface area contributed by atoms with Crippen molar-refractivity contribution in [3.8, 4) is 0 Å². The highest BCUT2D eigenvalue weighted by Crippen LogP contribution is 2.16. The molecular formula is C14H20N4O. The maximum atomic E-state index is 5.20. The zero-order valence-corrected chi connectivity index (χ0v) is 11.6. The number of nitrogens with zero attached hydrogens (tertiary/aromatic N) is 3. The summed E-state index contributed by atoms with van der Waals surface area (Å²) in [7, 11) is 1.71. The molecule has 19 heavy (non-hydrogen) atoms. The third-order valence-corrected chi connectivity index (χ3v) is 2.89. The smallest absolute Gasteiger partial charge is 0.203 e. The minimum atomic E-state index is 0.248. The van der Waals surface area contributed by atoms with Gasteiger partial charge in [0.25, 0.3) is 0 Å². The van der Waals surface area contributed by atoms with E-state index in [1.54, 1.807) is 13.3 Å². The largest absolute Gasteiger partial charge is 0.383 e. The van der Waals surface area contributed by atoms with Crippen molar-refractivity contribution in [3.05, 3.63) is 42.0 Å². The second-order valence-corrected chi connectivity index (χ2v) is 4.59. The zero-order valence-electron chi connectivity index (χ0n) is 11.6. The first-order valence-corrected chi connectivity index (χ1v) is 6.39. The third-order valence-electron chi connectivity index (χ3n) is 2.89. The number of aryl methyl sites for hydroxylation is 1. The van der Waals surface area contributed by atoms with Gasteiger partial charge in [0.2, 0.25) is 5.95 Å². The van der Waals surface area contributed by atoms with Crippen molar-refractivity contribution >= 4 is 5.95 Å². The molecule has 102 valence electrons.